The van der Waals surface area contributed by atoms with Gasteiger partial charge in [-0.2, -0.15) is 0 Å². The smallest absolute Gasteiger partial charge is 0.323 e. The van der Waals surface area contributed by atoms with E-state index < -0.39 is 11.2 Å². The Morgan fingerprint density at radius 1 is 1.41 bits per heavy atom. The maximum Gasteiger partial charge on any atom is 0.323 e. The molecule has 0 aromatic rings. The minimum Gasteiger partial charge on any atom is -0.459 e. The van der Waals surface area contributed by atoms with E-state index in [9.17, 15) is 9.90 Å². The van der Waals surface area contributed by atoms with E-state index in [-0.39, 0.29) is 12.0 Å². The van der Waals surface area contributed by atoms with E-state index in [1.165, 1.54) is 0 Å². The summed E-state index contributed by atoms with van der Waals surface area (Å²) in [6.45, 7) is 7.78. The molecule has 0 bridgehead atoms. The molecular formula is C13H25NO3. The Kier molecular flexibility index (Phi) is 4.55. The van der Waals surface area contributed by atoms with Crippen molar-refractivity contribution < 1.29 is 14.6 Å². The summed E-state index contributed by atoms with van der Waals surface area (Å²) in [6, 6.07) is -0.376. The Morgan fingerprint density at radius 3 is 2.41 bits per heavy atom. The van der Waals surface area contributed by atoms with E-state index >= 15 is 0 Å². The van der Waals surface area contributed by atoms with Crippen molar-refractivity contribution >= 4 is 5.97 Å². The SMILES string of the molecule is CC(NCC1(O)CCCC1)C(=O)OC(C)(C)C. The fourth-order valence-corrected chi connectivity index (χ4v) is 2.03. The number of carbonyl (C=O) groups excluding carboxylic acids is 1. The van der Waals surface area contributed by atoms with Gasteiger partial charge in [0.05, 0.1) is 5.60 Å². The van der Waals surface area contributed by atoms with Gasteiger partial charge in [-0.15, -0.1) is 0 Å². The summed E-state index contributed by atoms with van der Waals surface area (Å²) in [5.41, 5.74) is -1.09. The first-order valence-corrected chi connectivity index (χ1v) is 6.40. The van der Waals surface area contributed by atoms with Crippen LogP contribution in [-0.2, 0) is 9.53 Å². The van der Waals surface area contributed by atoms with Crippen LogP contribution in [0.15, 0.2) is 0 Å². The Labute approximate surface area is 104 Å². The maximum absolute atomic E-state index is 11.7. The van der Waals surface area contributed by atoms with Crippen LogP contribution in [0.25, 0.3) is 0 Å². The molecular weight excluding hydrogens is 218 g/mol. The highest BCUT2D eigenvalue weighted by Crippen LogP contribution is 2.28. The van der Waals surface area contributed by atoms with Crippen molar-refractivity contribution in [2.24, 2.45) is 0 Å². The number of hydrogen-bond donors (Lipinski definition) is 2. The normalized spacial score (nSPS) is 21.2. The molecule has 17 heavy (non-hydrogen) atoms. The van der Waals surface area contributed by atoms with Crippen molar-refractivity contribution in [3.8, 4) is 0 Å². The summed E-state index contributed by atoms with van der Waals surface area (Å²) >= 11 is 0. The molecule has 1 atom stereocenters. The highest BCUT2D eigenvalue weighted by atomic mass is 16.6. The van der Waals surface area contributed by atoms with Gasteiger partial charge in [-0.25, -0.2) is 0 Å². The molecule has 0 aromatic heterocycles. The Morgan fingerprint density at radius 2 is 1.94 bits per heavy atom. The van der Waals surface area contributed by atoms with Crippen LogP contribution < -0.4 is 5.32 Å². The van der Waals surface area contributed by atoms with Crippen LogP contribution in [0.3, 0.4) is 0 Å². The lowest BCUT2D eigenvalue weighted by Crippen LogP contribution is -2.46. The van der Waals surface area contributed by atoms with Gasteiger partial charge in [-0.3, -0.25) is 4.79 Å². The molecule has 2 N–H and O–H groups in total. The number of hydrogen-bond acceptors (Lipinski definition) is 4. The predicted octanol–water partition coefficient (Wildman–Crippen LogP) is 1.61. The molecule has 0 heterocycles. The number of esters is 1. The lowest BCUT2D eigenvalue weighted by Gasteiger charge is -2.26. The van der Waals surface area contributed by atoms with Gasteiger partial charge in [0.2, 0.25) is 0 Å². The monoisotopic (exact) mass is 243 g/mol. The third-order valence-corrected chi connectivity index (χ3v) is 3.03. The number of ether oxygens (including phenoxy) is 1. The van der Waals surface area contributed by atoms with Crippen molar-refractivity contribution in [3.63, 3.8) is 0 Å². The second-order valence-corrected chi connectivity index (χ2v) is 6.07. The van der Waals surface area contributed by atoms with Gasteiger partial charge in [-0.05, 0) is 40.5 Å². The van der Waals surface area contributed by atoms with E-state index in [2.05, 4.69) is 5.32 Å². The van der Waals surface area contributed by atoms with Crippen LogP contribution in [0.2, 0.25) is 0 Å². The second kappa shape index (κ2) is 5.36. The zero-order valence-electron chi connectivity index (χ0n) is 11.4. The molecule has 1 aliphatic carbocycles. The van der Waals surface area contributed by atoms with E-state index in [1.807, 2.05) is 20.8 Å². The summed E-state index contributed by atoms with van der Waals surface area (Å²) in [5, 5.41) is 13.2. The van der Waals surface area contributed by atoms with Gasteiger partial charge < -0.3 is 15.2 Å². The average molecular weight is 243 g/mol. The van der Waals surface area contributed by atoms with E-state index in [0.29, 0.717) is 6.54 Å². The van der Waals surface area contributed by atoms with Crippen LogP contribution in [-0.4, -0.2) is 34.9 Å². The molecule has 1 unspecified atom stereocenters. The number of nitrogens with one attached hydrogen (secondary N) is 1. The topological polar surface area (TPSA) is 58.6 Å². The predicted molar refractivity (Wildman–Crippen MR) is 66.7 cm³/mol. The zero-order chi connectivity index (χ0) is 13.1. The minimum absolute atomic E-state index is 0.265. The molecule has 1 saturated carbocycles. The summed E-state index contributed by atoms with van der Waals surface area (Å²) in [7, 11) is 0. The quantitative estimate of drug-likeness (QED) is 0.737. The summed E-state index contributed by atoms with van der Waals surface area (Å²) in [4.78, 5) is 11.7. The van der Waals surface area contributed by atoms with Crippen molar-refractivity contribution in [2.75, 3.05) is 6.54 Å². The van der Waals surface area contributed by atoms with Gasteiger partial charge in [0.25, 0.3) is 0 Å². The first-order valence-electron chi connectivity index (χ1n) is 6.40. The molecule has 100 valence electrons. The summed E-state index contributed by atoms with van der Waals surface area (Å²) in [5.74, 6) is -0.265. The van der Waals surface area contributed by atoms with Crippen molar-refractivity contribution in [1.29, 1.82) is 0 Å². The zero-order valence-corrected chi connectivity index (χ0v) is 11.4. The number of aliphatic hydroxyl groups is 1. The Balaban J connectivity index is 2.33. The molecule has 4 heteroatoms. The average Bonchev–Trinajstić information content (AvgIpc) is 2.59. The van der Waals surface area contributed by atoms with Gasteiger partial charge in [0.1, 0.15) is 11.6 Å². The maximum atomic E-state index is 11.7. The third-order valence-electron chi connectivity index (χ3n) is 3.03. The van der Waals surface area contributed by atoms with Gasteiger partial charge >= 0.3 is 5.97 Å². The highest BCUT2D eigenvalue weighted by molar-refractivity contribution is 5.75. The van der Waals surface area contributed by atoms with Crippen LogP contribution in [0, 0.1) is 0 Å². The molecule has 0 aliphatic heterocycles. The molecule has 1 rings (SSSR count). The van der Waals surface area contributed by atoms with Crippen LogP contribution in [0.5, 0.6) is 0 Å². The fourth-order valence-electron chi connectivity index (χ4n) is 2.03. The lowest BCUT2D eigenvalue weighted by molar-refractivity contribution is -0.157. The molecule has 0 spiro atoms. The Hall–Kier alpha value is -0.610. The highest BCUT2D eigenvalue weighted by Gasteiger charge is 2.32. The molecule has 0 amide bonds. The Bertz CT molecular complexity index is 264. The molecule has 0 radical (unpaired) electrons. The van der Waals surface area contributed by atoms with E-state index in [0.717, 1.165) is 25.7 Å². The standard InChI is InChI=1S/C13H25NO3/c1-10(11(15)17-12(2,3)4)14-9-13(16)7-5-6-8-13/h10,14,16H,5-9H2,1-4H3. The summed E-state index contributed by atoms with van der Waals surface area (Å²) in [6.07, 6.45) is 3.78. The van der Waals surface area contributed by atoms with Crippen LogP contribution in [0.4, 0.5) is 0 Å². The van der Waals surface area contributed by atoms with Gasteiger partial charge in [0.15, 0.2) is 0 Å². The van der Waals surface area contributed by atoms with E-state index in [4.69, 9.17) is 4.74 Å². The van der Waals surface area contributed by atoms with Crippen LogP contribution in [0.1, 0.15) is 53.4 Å². The fraction of sp³-hybridized carbons (Fsp3) is 0.923. The second-order valence-electron chi connectivity index (χ2n) is 6.07. The molecule has 1 aliphatic rings. The first-order chi connectivity index (χ1) is 7.72. The van der Waals surface area contributed by atoms with E-state index in [1.54, 1.807) is 6.92 Å². The van der Waals surface area contributed by atoms with Crippen molar-refractivity contribution in [2.45, 2.75) is 70.6 Å². The van der Waals surface area contributed by atoms with Gasteiger partial charge in [0, 0.05) is 6.54 Å². The number of rotatable bonds is 4. The summed E-state index contributed by atoms with van der Waals surface area (Å²) < 4.78 is 5.26. The molecule has 1 fully saturated rings. The lowest BCUT2D eigenvalue weighted by atomic mass is 10.0. The molecule has 0 saturated heterocycles. The van der Waals surface area contributed by atoms with Crippen molar-refractivity contribution in [1.82, 2.24) is 5.32 Å². The minimum atomic E-state index is -0.629. The van der Waals surface area contributed by atoms with Crippen molar-refractivity contribution in [3.05, 3.63) is 0 Å². The molecule has 4 nitrogen and oxygen atoms in total. The third kappa shape index (κ3) is 5.04. The van der Waals surface area contributed by atoms with Crippen LogP contribution >= 0.6 is 0 Å². The molecule has 0 aromatic carbocycles. The largest absolute Gasteiger partial charge is 0.459 e. The number of carbonyl (C=O) groups is 1. The first kappa shape index (κ1) is 14.5. The van der Waals surface area contributed by atoms with Gasteiger partial charge in [-0.1, -0.05) is 12.8 Å².